The molecule has 0 amide bonds. The van der Waals surface area contributed by atoms with Gasteiger partial charge in [-0.15, -0.1) is 0 Å². The third kappa shape index (κ3) is 3.21. The minimum absolute atomic E-state index is 0.124. The zero-order valence-electron chi connectivity index (χ0n) is 9.54. The van der Waals surface area contributed by atoms with E-state index in [4.69, 9.17) is 5.26 Å². The molecule has 0 spiro atoms. The minimum atomic E-state index is -3.81. The smallest absolute Gasteiger partial charge is 0.264 e. The Bertz CT molecular complexity index is 754. The number of rotatable bonds is 3. The summed E-state index contributed by atoms with van der Waals surface area (Å²) in [4.78, 5) is 3.61. The number of nitrogens with zero attached hydrogens (tertiary/aromatic N) is 2. The second kappa shape index (κ2) is 5.54. The van der Waals surface area contributed by atoms with Gasteiger partial charge >= 0.3 is 0 Å². The number of pyridine rings is 1. The fourth-order valence-electron chi connectivity index (χ4n) is 1.45. The van der Waals surface area contributed by atoms with E-state index in [0.29, 0.717) is 5.69 Å². The van der Waals surface area contributed by atoms with Gasteiger partial charge in [0.1, 0.15) is 11.0 Å². The highest BCUT2D eigenvalue weighted by Gasteiger charge is 2.19. The maximum Gasteiger partial charge on any atom is 0.264 e. The molecule has 0 radical (unpaired) electrons. The zero-order chi connectivity index (χ0) is 13.9. The van der Waals surface area contributed by atoms with Gasteiger partial charge in [-0.3, -0.25) is 4.72 Å². The average molecular weight is 385 g/mol. The fourth-order valence-corrected chi connectivity index (χ4v) is 3.15. The van der Waals surface area contributed by atoms with Crippen LogP contribution in [0.2, 0.25) is 0 Å². The molecule has 0 aliphatic carbocycles. The summed E-state index contributed by atoms with van der Waals surface area (Å²) in [7, 11) is -3.81. The Morgan fingerprint density at radius 2 is 2.05 bits per heavy atom. The Kier molecular flexibility index (Phi) is 4.01. The lowest BCUT2D eigenvalue weighted by molar-refractivity contribution is 0.600. The maximum atomic E-state index is 12.2. The molecule has 0 fully saturated rings. The van der Waals surface area contributed by atoms with E-state index < -0.39 is 10.0 Å². The largest absolute Gasteiger partial charge is 0.280 e. The average Bonchev–Trinajstić information content (AvgIpc) is 2.38. The molecule has 0 bridgehead atoms. The Labute approximate surface area is 124 Å². The predicted molar refractivity (Wildman–Crippen MR) is 78.9 cm³/mol. The van der Waals surface area contributed by atoms with Crippen molar-refractivity contribution >= 4 is 38.3 Å². The highest BCUT2D eigenvalue weighted by molar-refractivity contribution is 14.1. The first kappa shape index (κ1) is 13.8. The van der Waals surface area contributed by atoms with E-state index in [1.54, 1.807) is 24.3 Å². The molecule has 1 heterocycles. The van der Waals surface area contributed by atoms with Gasteiger partial charge in [0.2, 0.25) is 0 Å². The number of anilines is 1. The first-order chi connectivity index (χ1) is 9.03. The molecule has 1 N–H and O–H groups in total. The second-order valence-electron chi connectivity index (χ2n) is 3.58. The van der Waals surface area contributed by atoms with Crippen LogP contribution in [0.4, 0.5) is 5.69 Å². The lowest BCUT2D eigenvalue weighted by atomic mass is 10.3. The van der Waals surface area contributed by atoms with Crippen LogP contribution in [0.5, 0.6) is 0 Å². The van der Waals surface area contributed by atoms with Crippen molar-refractivity contribution in [1.82, 2.24) is 4.98 Å². The molecule has 0 atom stereocenters. The summed E-state index contributed by atoms with van der Waals surface area (Å²) < 4.78 is 27.7. The topological polar surface area (TPSA) is 82.8 Å². The molecule has 1 aromatic heterocycles. The van der Waals surface area contributed by atoms with Gasteiger partial charge in [0, 0.05) is 15.5 Å². The van der Waals surface area contributed by atoms with Gasteiger partial charge in [0.25, 0.3) is 10.0 Å². The lowest BCUT2D eigenvalue weighted by Gasteiger charge is -2.08. The van der Waals surface area contributed by atoms with Crippen molar-refractivity contribution in [3.8, 4) is 6.07 Å². The molecule has 96 valence electrons. The molecule has 7 heteroatoms. The van der Waals surface area contributed by atoms with Gasteiger partial charge in [0.15, 0.2) is 5.69 Å². The summed E-state index contributed by atoms with van der Waals surface area (Å²) in [5.74, 6) is 0. The van der Waals surface area contributed by atoms with Gasteiger partial charge in [-0.2, -0.15) is 5.26 Å². The number of halogens is 1. The summed E-state index contributed by atoms with van der Waals surface area (Å²) in [6.45, 7) is 0. The highest BCUT2D eigenvalue weighted by Crippen LogP contribution is 2.19. The van der Waals surface area contributed by atoms with Crippen LogP contribution in [0.25, 0.3) is 0 Å². The zero-order valence-corrected chi connectivity index (χ0v) is 12.5. The third-order valence-corrected chi connectivity index (χ3v) is 4.33. The van der Waals surface area contributed by atoms with E-state index in [1.165, 1.54) is 18.3 Å². The van der Waals surface area contributed by atoms with Crippen molar-refractivity contribution < 1.29 is 8.42 Å². The first-order valence-corrected chi connectivity index (χ1v) is 7.72. The van der Waals surface area contributed by atoms with E-state index in [1.807, 2.05) is 6.07 Å². The summed E-state index contributed by atoms with van der Waals surface area (Å²) in [6, 6.07) is 11.5. The van der Waals surface area contributed by atoms with E-state index >= 15 is 0 Å². The summed E-state index contributed by atoms with van der Waals surface area (Å²) in [5, 5.41) is 8.89. The number of nitriles is 1. The van der Waals surface area contributed by atoms with Crippen molar-refractivity contribution in [3.63, 3.8) is 0 Å². The Morgan fingerprint density at radius 1 is 1.26 bits per heavy atom. The Hall–Kier alpha value is -1.66. The number of aromatic nitrogens is 1. The van der Waals surface area contributed by atoms with Crippen LogP contribution in [-0.4, -0.2) is 13.4 Å². The van der Waals surface area contributed by atoms with Crippen molar-refractivity contribution in [1.29, 1.82) is 5.26 Å². The van der Waals surface area contributed by atoms with E-state index in [0.717, 1.165) is 3.57 Å². The van der Waals surface area contributed by atoms with Crippen molar-refractivity contribution in [2.45, 2.75) is 4.90 Å². The van der Waals surface area contributed by atoms with E-state index in [2.05, 4.69) is 32.3 Å². The summed E-state index contributed by atoms with van der Waals surface area (Å²) in [6.07, 6.45) is 1.38. The quantitative estimate of drug-likeness (QED) is 0.823. The Balaban J connectivity index is 2.41. The molecule has 2 rings (SSSR count). The van der Waals surface area contributed by atoms with Gasteiger partial charge in [-0.05, 0) is 52.9 Å². The van der Waals surface area contributed by atoms with Gasteiger partial charge in [-0.25, -0.2) is 13.4 Å². The van der Waals surface area contributed by atoms with Crippen LogP contribution in [0.3, 0.4) is 0 Å². The number of hydrogen-bond acceptors (Lipinski definition) is 4. The number of hydrogen-bond donors (Lipinski definition) is 1. The molecule has 0 aliphatic heterocycles. The molecule has 0 unspecified atom stereocenters. The third-order valence-electron chi connectivity index (χ3n) is 2.24. The van der Waals surface area contributed by atoms with Crippen LogP contribution >= 0.6 is 22.6 Å². The van der Waals surface area contributed by atoms with Gasteiger partial charge in [0.05, 0.1) is 0 Å². The molecule has 19 heavy (non-hydrogen) atoms. The Morgan fingerprint density at radius 3 is 2.74 bits per heavy atom. The number of benzene rings is 1. The van der Waals surface area contributed by atoms with E-state index in [-0.39, 0.29) is 10.6 Å². The molecular formula is C12H8IN3O2S. The van der Waals surface area contributed by atoms with Crippen LogP contribution in [0.1, 0.15) is 5.69 Å². The van der Waals surface area contributed by atoms with Crippen molar-refractivity contribution in [2.75, 3.05) is 4.72 Å². The SMILES string of the molecule is N#Cc1ncccc1S(=O)(=O)Nc1cccc(I)c1. The molecule has 2 aromatic rings. The minimum Gasteiger partial charge on any atom is -0.280 e. The van der Waals surface area contributed by atoms with E-state index in [9.17, 15) is 8.42 Å². The van der Waals surface area contributed by atoms with Gasteiger partial charge in [-0.1, -0.05) is 6.07 Å². The number of nitrogens with one attached hydrogen (secondary N) is 1. The summed E-state index contributed by atoms with van der Waals surface area (Å²) >= 11 is 2.09. The molecule has 5 nitrogen and oxygen atoms in total. The standard InChI is InChI=1S/C12H8IN3O2S/c13-9-3-1-4-10(7-9)16-19(17,18)12-5-2-6-15-11(12)8-14/h1-7,16H. The van der Waals surface area contributed by atoms with Crippen LogP contribution in [0.15, 0.2) is 47.5 Å². The molecule has 0 saturated carbocycles. The number of sulfonamides is 1. The monoisotopic (exact) mass is 385 g/mol. The van der Waals surface area contributed by atoms with Crippen LogP contribution in [-0.2, 0) is 10.0 Å². The molecule has 0 saturated heterocycles. The first-order valence-electron chi connectivity index (χ1n) is 5.16. The van der Waals surface area contributed by atoms with Crippen molar-refractivity contribution in [2.24, 2.45) is 0 Å². The lowest BCUT2D eigenvalue weighted by Crippen LogP contribution is -2.15. The highest BCUT2D eigenvalue weighted by atomic mass is 127. The van der Waals surface area contributed by atoms with Crippen molar-refractivity contribution in [3.05, 3.63) is 51.9 Å². The molecule has 1 aromatic carbocycles. The second-order valence-corrected chi connectivity index (χ2v) is 6.47. The fraction of sp³-hybridized carbons (Fsp3) is 0. The summed E-state index contributed by atoms with van der Waals surface area (Å²) in [5.41, 5.74) is 0.320. The molecule has 0 aliphatic rings. The van der Waals surface area contributed by atoms with Gasteiger partial charge < -0.3 is 0 Å². The maximum absolute atomic E-state index is 12.2. The normalized spacial score (nSPS) is 10.7. The molecular weight excluding hydrogens is 377 g/mol. The predicted octanol–water partition coefficient (Wildman–Crippen LogP) is 2.36. The van der Waals surface area contributed by atoms with Crippen LogP contribution in [0, 0.1) is 14.9 Å². The van der Waals surface area contributed by atoms with Crippen LogP contribution < -0.4 is 4.72 Å².